The van der Waals surface area contributed by atoms with Crippen LogP contribution in [0, 0.1) is 0 Å². The van der Waals surface area contributed by atoms with Crippen molar-refractivity contribution in [2.75, 3.05) is 31.9 Å². The molecule has 2 heterocycles. The molecule has 20 heavy (non-hydrogen) atoms. The van der Waals surface area contributed by atoms with E-state index in [4.69, 9.17) is 5.73 Å². The minimum absolute atomic E-state index is 0. The summed E-state index contributed by atoms with van der Waals surface area (Å²) in [7, 11) is 0. The van der Waals surface area contributed by atoms with Crippen molar-refractivity contribution < 1.29 is 0 Å². The molecule has 1 aliphatic heterocycles. The number of halogens is 2. The Bertz CT molecular complexity index is 370. The number of nitrogens with zero attached hydrogens (tertiary/aromatic N) is 2. The van der Waals surface area contributed by atoms with Crippen LogP contribution in [0.25, 0.3) is 0 Å². The van der Waals surface area contributed by atoms with E-state index in [1.54, 1.807) is 6.20 Å². The Hall–Kier alpha value is -0.550. The highest BCUT2D eigenvalue weighted by Gasteiger charge is 2.23. The Kier molecular flexibility index (Phi) is 9.94. The second kappa shape index (κ2) is 10.2. The van der Waals surface area contributed by atoms with Crippen LogP contribution in [0.3, 0.4) is 0 Å². The molecule has 6 heteroatoms. The minimum atomic E-state index is 0. The van der Waals surface area contributed by atoms with Gasteiger partial charge in [0, 0.05) is 44.0 Å². The largest absolute Gasteiger partial charge is 0.383 e. The van der Waals surface area contributed by atoms with Crippen molar-refractivity contribution >= 4 is 30.6 Å². The maximum Gasteiger partial charge on any atom is 0.128 e. The number of piperazine rings is 1. The second-order valence-electron chi connectivity index (χ2n) is 4.92. The van der Waals surface area contributed by atoms with E-state index < -0.39 is 0 Å². The standard InChI is InChI=1S/C14H24N4.2ClH/c1-2-3-6-13(18-10-8-16-9-11-18)12-5-4-7-17-14(12)15;;/h4-5,7,13,16H,2-3,6,8-11H2,1H3,(H2,15,17);2*1H/t13-;;/m1../s1. The van der Waals surface area contributed by atoms with Crippen LogP contribution < -0.4 is 11.1 Å². The molecule has 0 saturated carbocycles. The van der Waals surface area contributed by atoms with Gasteiger partial charge in [0.2, 0.25) is 0 Å². The quantitative estimate of drug-likeness (QED) is 0.875. The van der Waals surface area contributed by atoms with Crippen molar-refractivity contribution in [1.82, 2.24) is 15.2 Å². The van der Waals surface area contributed by atoms with Gasteiger partial charge in [0.1, 0.15) is 5.82 Å². The first-order valence-corrected chi connectivity index (χ1v) is 6.98. The second-order valence-corrected chi connectivity index (χ2v) is 4.92. The van der Waals surface area contributed by atoms with Crippen molar-refractivity contribution in [1.29, 1.82) is 0 Å². The van der Waals surface area contributed by atoms with Crippen LogP contribution in [0.1, 0.15) is 37.8 Å². The minimum Gasteiger partial charge on any atom is -0.383 e. The number of pyridine rings is 1. The predicted octanol–water partition coefficient (Wildman–Crippen LogP) is 2.64. The third kappa shape index (κ3) is 5.09. The fourth-order valence-electron chi connectivity index (χ4n) is 2.64. The van der Waals surface area contributed by atoms with Crippen LogP contribution in [0.2, 0.25) is 0 Å². The zero-order chi connectivity index (χ0) is 12.8. The molecule has 2 rings (SSSR count). The molecule has 1 fully saturated rings. The molecule has 0 unspecified atom stereocenters. The number of nitrogens with one attached hydrogen (secondary N) is 1. The summed E-state index contributed by atoms with van der Waals surface area (Å²) < 4.78 is 0. The third-order valence-electron chi connectivity index (χ3n) is 3.65. The summed E-state index contributed by atoms with van der Waals surface area (Å²) in [6.07, 6.45) is 5.41. The van der Waals surface area contributed by atoms with Crippen LogP contribution in [0.15, 0.2) is 18.3 Å². The number of hydrogen-bond acceptors (Lipinski definition) is 4. The van der Waals surface area contributed by atoms with Crippen LogP contribution >= 0.6 is 24.8 Å². The monoisotopic (exact) mass is 320 g/mol. The van der Waals surface area contributed by atoms with Crippen molar-refractivity contribution in [3.8, 4) is 0 Å². The Balaban J connectivity index is 0.00000180. The number of unbranched alkanes of at least 4 members (excludes halogenated alkanes) is 1. The molecular weight excluding hydrogens is 295 g/mol. The van der Waals surface area contributed by atoms with Crippen LogP contribution in [-0.2, 0) is 0 Å². The molecule has 0 spiro atoms. The molecule has 1 saturated heterocycles. The molecule has 0 bridgehead atoms. The van der Waals surface area contributed by atoms with Gasteiger partial charge in [-0.1, -0.05) is 25.8 Å². The summed E-state index contributed by atoms with van der Waals surface area (Å²) in [5.41, 5.74) is 7.25. The Labute approximate surface area is 134 Å². The maximum atomic E-state index is 6.05. The fraction of sp³-hybridized carbons (Fsp3) is 0.643. The number of anilines is 1. The molecule has 0 aliphatic carbocycles. The van der Waals surface area contributed by atoms with Gasteiger partial charge < -0.3 is 11.1 Å². The molecule has 116 valence electrons. The summed E-state index contributed by atoms with van der Waals surface area (Å²) in [6.45, 7) is 6.58. The Morgan fingerprint density at radius 1 is 1.35 bits per heavy atom. The molecule has 3 N–H and O–H groups in total. The van der Waals surface area contributed by atoms with E-state index in [9.17, 15) is 0 Å². The molecule has 1 atom stereocenters. The summed E-state index contributed by atoms with van der Waals surface area (Å²) >= 11 is 0. The van der Waals surface area contributed by atoms with E-state index in [-0.39, 0.29) is 24.8 Å². The Morgan fingerprint density at radius 3 is 2.65 bits per heavy atom. The van der Waals surface area contributed by atoms with Gasteiger partial charge >= 0.3 is 0 Å². The molecule has 0 radical (unpaired) electrons. The lowest BCUT2D eigenvalue weighted by Gasteiger charge is -2.35. The lowest BCUT2D eigenvalue weighted by Crippen LogP contribution is -2.45. The first kappa shape index (κ1) is 19.4. The van der Waals surface area contributed by atoms with E-state index in [1.165, 1.54) is 24.8 Å². The van der Waals surface area contributed by atoms with Gasteiger partial charge in [-0.05, 0) is 12.5 Å². The first-order valence-electron chi connectivity index (χ1n) is 6.98. The van der Waals surface area contributed by atoms with Crippen LogP contribution in [-0.4, -0.2) is 36.1 Å². The van der Waals surface area contributed by atoms with Crippen LogP contribution in [0.4, 0.5) is 5.82 Å². The highest BCUT2D eigenvalue weighted by atomic mass is 35.5. The maximum absolute atomic E-state index is 6.05. The first-order chi connectivity index (χ1) is 8.83. The van der Waals surface area contributed by atoms with Gasteiger partial charge in [-0.3, -0.25) is 4.90 Å². The zero-order valence-corrected chi connectivity index (χ0v) is 13.7. The number of nitrogen functional groups attached to an aromatic ring is 1. The average molecular weight is 321 g/mol. The molecular formula is C14H26Cl2N4. The predicted molar refractivity (Wildman–Crippen MR) is 89.9 cm³/mol. The molecule has 4 nitrogen and oxygen atoms in total. The van der Waals surface area contributed by atoms with Gasteiger partial charge in [-0.15, -0.1) is 24.8 Å². The topological polar surface area (TPSA) is 54.2 Å². The van der Waals surface area contributed by atoms with Crippen molar-refractivity contribution in [3.63, 3.8) is 0 Å². The van der Waals surface area contributed by atoms with E-state index >= 15 is 0 Å². The molecule has 0 aromatic carbocycles. The van der Waals surface area contributed by atoms with Crippen molar-refractivity contribution in [2.45, 2.75) is 32.2 Å². The number of rotatable bonds is 5. The molecule has 0 amide bonds. The Morgan fingerprint density at radius 2 is 2.05 bits per heavy atom. The lowest BCUT2D eigenvalue weighted by atomic mass is 9.99. The normalized spacial score (nSPS) is 16.9. The molecule has 1 aromatic heterocycles. The van der Waals surface area contributed by atoms with Gasteiger partial charge in [0.05, 0.1) is 0 Å². The van der Waals surface area contributed by atoms with Crippen molar-refractivity contribution in [2.24, 2.45) is 0 Å². The van der Waals surface area contributed by atoms with E-state index in [1.807, 2.05) is 6.07 Å². The summed E-state index contributed by atoms with van der Waals surface area (Å²) in [5.74, 6) is 0.692. The third-order valence-corrected chi connectivity index (χ3v) is 3.65. The smallest absolute Gasteiger partial charge is 0.128 e. The van der Waals surface area contributed by atoms with Crippen LogP contribution in [0.5, 0.6) is 0 Å². The summed E-state index contributed by atoms with van der Waals surface area (Å²) in [4.78, 5) is 6.78. The van der Waals surface area contributed by atoms with Gasteiger partial charge in [0.15, 0.2) is 0 Å². The molecule has 1 aliphatic rings. The fourth-order valence-corrected chi connectivity index (χ4v) is 2.64. The van der Waals surface area contributed by atoms with E-state index in [0.717, 1.165) is 26.2 Å². The highest BCUT2D eigenvalue weighted by Crippen LogP contribution is 2.29. The van der Waals surface area contributed by atoms with Crippen molar-refractivity contribution in [3.05, 3.63) is 23.9 Å². The van der Waals surface area contributed by atoms with E-state index in [0.29, 0.717) is 11.9 Å². The summed E-state index contributed by atoms with van der Waals surface area (Å²) in [6, 6.07) is 4.55. The van der Waals surface area contributed by atoms with Gasteiger partial charge in [0.25, 0.3) is 0 Å². The average Bonchev–Trinajstić information content (AvgIpc) is 2.42. The van der Waals surface area contributed by atoms with E-state index in [2.05, 4.69) is 28.2 Å². The summed E-state index contributed by atoms with van der Waals surface area (Å²) in [5, 5.41) is 3.40. The highest BCUT2D eigenvalue weighted by molar-refractivity contribution is 5.85. The molecule has 1 aromatic rings. The number of nitrogens with two attached hydrogens (primary N) is 1. The van der Waals surface area contributed by atoms with Gasteiger partial charge in [-0.2, -0.15) is 0 Å². The SMILES string of the molecule is CCCC[C@H](c1cccnc1N)N1CCNCC1.Cl.Cl. The zero-order valence-electron chi connectivity index (χ0n) is 12.0. The number of hydrogen-bond donors (Lipinski definition) is 2. The van der Waals surface area contributed by atoms with Gasteiger partial charge in [-0.25, -0.2) is 4.98 Å². The lowest BCUT2D eigenvalue weighted by molar-refractivity contribution is 0.163. The number of aromatic nitrogens is 1.